The van der Waals surface area contributed by atoms with Gasteiger partial charge in [-0.1, -0.05) is 30.3 Å². The number of hydrogen-bond acceptors (Lipinski definition) is 4. The third kappa shape index (κ3) is 3.96. The molecule has 0 amide bonds. The molecule has 2 heterocycles. The van der Waals surface area contributed by atoms with Crippen molar-refractivity contribution in [3.05, 3.63) is 60.4 Å². The van der Waals surface area contributed by atoms with Crippen molar-refractivity contribution in [2.24, 2.45) is 5.92 Å². The van der Waals surface area contributed by atoms with Crippen molar-refractivity contribution in [2.75, 3.05) is 13.1 Å². The summed E-state index contributed by atoms with van der Waals surface area (Å²) in [5, 5.41) is -0.117. The largest absolute Gasteiger partial charge is 0.486 e. The minimum Gasteiger partial charge on any atom is -0.486 e. The molecule has 1 aliphatic heterocycles. The van der Waals surface area contributed by atoms with E-state index < -0.39 is 10.0 Å². The Hall–Kier alpha value is -2.38. The molecule has 0 atom stereocenters. The topological polar surface area (TPSA) is 64.4 Å². The van der Waals surface area contributed by atoms with Crippen LogP contribution in [0.3, 0.4) is 0 Å². The monoisotopic (exact) mass is 425 g/mol. The van der Waals surface area contributed by atoms with Crippen LogP contribution in [0.4, 0.5) is 0 Å². The van der Waals surface area contributed by atoms with Gasteiger partial charge in [0.05, 0.1) is 16.3 Å². The Morgan fingerprint density at radius 3 is 2.37 bits per heavy atom. The summed E-state index contributed by atoms with van der Waals surface area (Å²) in [6, 6.07) is 18.0. The minimum absolute atomic E-state index is 0.117. The van der Waals surface area contributed by atoms with E-state index in [9.17, 15) is 8.42 Å². The maximum Gasteiger partial charge on any atom is 0.216 e. The van der Waals surface area contributed by atoms with E-state index in [0.717, 1.165) is 54.8 Å². The third-order valence-corrected chi connectivity index (χ3v) is 8.56. The lowest BCUT2D eigenvalue weighted by Crippen LogP contribution is -2.41. The van der Waals surface area contributed by atoms with E-state index in [4.69, 9.17) is 9.72 Å². The van der Waals surface area contributed by atoms with Crippen LogP contribution in [0.5, 0.6) is 5.75 Å². The number of hydrogen-bond donors (Lipinski definition) is 0. The standard InChI is InChI=1S/C23H27N3O3S/c27-30(28,20-10-11-20)25-14-12-18(13-15-25)16-26-22-9-5-4-8-21(22)24-23(26)17-29-19-6-2-1-3-7-19/h1-9,18,20H,10-17H2. The fraction of sp³-hybridized carbons (Fsp3) is 0.435. The van der Waals surface area contributed by atoms with E-state index in [-0.39, 0.29) is 5.25 Å². The summed E-state index contributed by atoms with van der Waals surface area (Å²) < 4.78 is 35.0. The minimum atomic E-state index is -3.06. The van der Waals surface area contributed by atoms with Gasteiger partial charge in [-0.15, -0.1) is 0 Å². The average Bonchev–Trinajstić information content (AvgIpc) is 3.58. The summed E-state index contributed by atoms with van der Waals surface area (Å²) in [5.74, 6) is 2.17. The van der Waals surface area contributed by atoms with Crippen molar-refractivity contribution >= 4 is 21.1 Å². The lowest BCUT2D eigenvalue weighted by Gasteiger charge is -2.31. The van der Waals surface area contributed by atoms with Gasteiger partial charge in [-0.3, -0.25) is 0 Å². The van der Waals surface area contributed by atoms with E-state index >= 15 is 0 Å². The molecule has 3 aromatic rings. The number of imidazole rings is 1. The zero-order valence-electron chi connectivity index (χ0n) is 17.0. The summed E-state index contributed by atoms with van der Waals surface area (Å²) in [6.45, 7) is 2.51. The van der Waals surface area contributed by atoms with E-state index in [1.807, 2.05) is 48.5 Å². The first kappa shape index (κ1) is 19.6. The molecule has 2 fully saturated rings. The van der Waals surface area contributed by atoms with Crippen LogP contribution in [0.1, 0.15) is 31.5 Å². The molecule has 7 heteroatoms. The Balaban J connectivity index is 1.31. The van der Waals surface area contributed by atoms with Crippen molar-refractivity contribution in [3.63, 3.8) is 0 Å². The molecule has 1 saturated carbocycles. The fourth-order valence-corrected chi connectivity index (χ4v) is 6.16. The van der Waals surface area contributed by atoms with Gasteiger partial charge in [0.15, 0.2) is 0 Å². The van der Waals surface area contributed by atoms with Gasteiger partial charge in [0, 0.05) is 19.6 Å². The Kier molecular flexibility index (Phi) is 5.25. The third-order valence-electron chi connectivity index (χ3n) is 6.16. The number of nitrogens with zero attached hydrogens (tertiary/aromatic N) is 3. The molecule has 0 unspecified atom stereocenters. The molecule has 158 valence electrons. The van der Waals surface area contributed by atoms with E-state index in [1.54, 1.807) is 4.31 Å². The van der Waals surface area contributed by atoms with Crippen LogP contribution in [0.15, 0.2) is 54.6 Å². The number of aromatic nitrogens is 2. The highest BCUT2D eigenvalue weighted by Gasteiger charge is 2.41. The van der Waals surface area contributed by atoms with Gasteiger partial charge in [-0.2, -0.15) is 0 Å². The van der Waals surface area contributed by atoms with Gasteiger partial charge in [-0.05, 0) is 55.9 Å². The van der Waals surface area contributed by atoms with Crippen molar-refractivity contribution in [1.82, 2.24) is 13.9 Å². The number of rotatable bonds is 7. The number of benzene rings is 2. The highest BCUT2D eigenvalue weighted by atomic mass is 32.2. The van der Waals surface area contributed by atoms with Crippen molar-refractivity contribution in [1.29, 1.82) is 0 Å². The first-order valence-electron chi connectivity index (χ1n) is 10.7. The van der Waals surface area contributed by atoms with Gasteiger partial charge in [0.2, 0.25) is 10.0 Å². The predicted octanol–water partition coefficient (Wildman–Crippen LogP) is 3.82. The molecule has 0 bridgehead atoms. The lowest BCUT2D eigenvalue weighted by molar-refractivity contribution is 0.244. The first-order valence-corrected chi connectivity index (χ1v) is 12.2. The van der Waals surface area contributed by atoms with Gasteiger partial charge < -0.3 is 9.30 Å². The van der Waals surface area contributed by atoms with E-state index in [1.165, 1.54) is 0 Å². The summed E-state index contributed by atoms with van der Waals surface area (Å²) in [6.07, 6.45) is 3.43. The summed E-state index contributed by atoms with van der Waals surface area (Å²) in [4.78, 5) is 4.81. The highest BCUT2D eigenvalue weighted by molar-refractivity contribution is 7.90. The second-order valence-electron chi connectivity index (χ2n) is 8.32. The lowest BCUT2D eigenvalue weighted by atomic mass is 9.98. The Morgan fingerprint density at radius 2 is 1.63 bits per heavy atom. The zero-order chi connectivity index (χ0) is 20.6. The summed E-state index contributed by atoms with van der Waals surface area (Å²) >= 11 is 0. The van der Waals surface area contributed by atoms with Crippen LogP contribution in [-0.2, 0) is 23.2 Å². The van der Waals surface area contributed by atoms with Crippen LogP contribution in [0.2, 0.25) is 0 Å². The highest BCUT2D eigenvalue weighted by Crippen LogP contribution is 2.33. The molecule has 2 aliphatic rings. The molecular formula is C23H27N3O3S. The molecular weight excluding hydrogens is 398 g/mol. The van der Waals surface area contributed by atoms with Crippen molar-refractivity contribution in [3.8, 4) is 5.75 Å². The molecule has 30 heavy (non-hydrogen) atoms. The molecule has 0 spiro atoms. The number of piperidine rings is 1. The molecule has 0 radical (unpaired) electrons. The van der Waals surface area contributed by atoms with Gasteiger partial charge in [0.25, 0.3) is 0 Å². The number of para-hydroxylation sites is 3. The van der Waals surface area contributed by atoms with Gasteiger partial charge in [-0.25, -0.2) is 17.7 Å². The smallest absolute Gasteiger partial charge is 0.216 e. The van der Waals surface area contributed by atoms with Gasteiger partial charge in [0.1, 0.15) is 18.2 Å². The fourth-order valence-electron chi connectivity index (χ4n) is 4.29. The maximum absolute atomic E-state index is 12.5. The second-order valence-corrected chi connectivity index (χ2v) is 10.5. The SMILES string of the molecule is O=S(=O)(C1CC1)N1CCC(Cn2c(COc3ccccc3)nc3ccccc32)CC1. The summed E-state index contributed by atoms with van der Waals surface area (Å²) in [7, 11) is -3.06. The first-order chi connectivity index (χ1) is 14.6. The molecule has 1 aromatic heterocycles. The molecule has 2 aromatic carbocycles. The summed E-state index contributed by atoms with van der Waals surface area (Å²) in [5.41, 5.74) is 2.08. The number of fused-ring (bicyclic) bond motifs is 1. The quantitative estimate of drug-likeness (QED) is 0.577. The number of sulfonamides is 1. The van der Waals surface area contributed by atoms with Crippen LogP contribution >= 0.6 is 0 Å². The second kappa shape index (κ2) is 8.04. The molecule has 0 N–H and O–H groups in total. The Morgan fingerprint density at radius 1 is 0.933 bits per heavy atom. The predicted molar refractivity (Wildman–Crippen MR) is 117 cm³/mol. The molecule has 6 nitrogen and oxygen atoms in total. The molecule has 5 rings (SSSR count). The number of ether oxygens (including phenoxy) is 1. The zero-order valence-corrected chi connectivity index (χ0v) is 17.8. The van der Waals surface area contributed by atoms with Crippen LogP contribution in [-0.4, -0.2) is 40.6 Å². The Bertz CT molecular complexity index is 1120. The van der Waals surface area contributed by atoms with Crippen molar-refractivity contribution < 1.29 is 13.2 Å². The normalized spacial score (nSPS) is 18.7. The molecule has 1 saturated heterocycles. The Labute approximate surface area is 177 Å². The van der Waals surface area contributed by atoms with Crippen molar-refractivity contribution in [2.45, 2.75) is 44.1 Å². The molecule has 1 aliphatic carbocycles. The van der Waals surface area contributed by atoms with Crippen LogP contribution in [0.25, 0.3) is 11.0 Å². The van der Waals surface area contributed by atoms with Crippen LogP contribution in [0, 0.1) is 5.92 Å². The van der Waals surface area contributed by atoms with Crippen LogP contribution < -0.4 is 4.74 Å². The van der Waals surface area contributed by atoms with Gasteiger partial charge >= 0.3 is 0 Å². The van der Waals surface area contributed by atoms with E-state index in [0.29, 0.717) is 25.6 Å². The average molecular weight is 426 g/mol. The van der Waals surface area contributed by atoms with E-state index in [2.05, 4.69) is 10.6 Å². The maximum atomic E-state index is 12.5.